The average molecular weight is 326 g/mol. The summed E-state index contributed by atoms with van der Waals surface area (Å²) in [5.74, 6) is 1.36. The summed E-state index contributed by atoms with van der Waals surface area (Å²) in [6.07, 6.45) is 1.82. The van der Waals surface area contributed by atoms with E-state index in [0.29, 0.717) is 5.95 Å². The van der Waals surface area contributed by atoms with Crippen LogP contribution in [0.15, 0.2) is 79.0 Å². The molecule has 0 bridgehead atoms. The third kappa shape index (κ3) is 3.43. The molecule has 0 amide bonds. The smallest absolute Gasteiger partial charge is 0.229 e. The number of hydrogen-bond donors (Lipinski definition) is 2. The van der Waals surface area contributed by atoms with Crippen molar-refractivity contribution in [1.29, 1.82) is 0 Å². The molecule has 0 unspecified atom stereocenters. The molecule has 0 saturated carbocycles. The molecule has 25 heavy (non-hydrogen) atoms. The standard InChI is InChI=1S/C21H18N4/c1-15-14-22-21(24-18-9-3-2-4-10-18)25-20(15)23-19-12-11-16-7-5-6-8-17(16)13-19/h2-14H,1H3,(H2,22,23,24,25). The fourth-order valence-corrected chi connectivity index (χ4v) is 2.68. The third-order valence-corrected chi connectivity index (χ3v) is 4.01. The van der Waals surface area contributed by atoms with Crippen LogP contribution in [0.4, 0.5) is 23.1 Å². The molecule has 3 aromatic carbocycles. The van der Waals surface area contributed by atoms with Crippen molar-refractivity contribution >= 4 is 33.9 Å². The van der Waals surface area contributed by atoms with Crippen LogP contribution in [0.1, 0.15) is 5.56 Å². The second-order valence-electron chi connectivity index (χ2n) is 5.90. The number of fused-ring (bicyclic) bond motifs is 1. The number of benzene rings is 3. The highest BCUT2D eigenvalue weighted by molar-refractivity contribution is 5.86. The number of nitrogens with one attached hydrogen (secondary N) is 2. The molecule has 0 aliphatic heterocycles. The molecule has 4 rings (SSSR count). The maximum atomic E-state index is 4.61. The van der Waals surface area contributed by atoms with Gasteiger partial charge in [0.25, 0.3) is 0 Å². The highest BCUT2D eigenvalue weighted by Gasteiger charge is 2.05. The lowest BCUT2D eigenvalue weighted by Gasteiger charge is -2.11. The summed E-state index contributed by atoms with van der Waals surface area (Å²) in [5, 5.41) is 9.04. The van der Waals surface area contributed by atoms with E-state index in [9.17, 15) is 0 Å². The average Bonchev–Trinajstić information content (AvgIpc) is 2.65. The number of para-hydroxylation sites is 1. The first-order valence-electron chi connectivity index (χ1n) is 8.19. The fraction of sp³-hybridized carbons (Fsp3) is 0.0476. The predicted molar refractivity (Wildman–Crippen MR) is 104 cm³/mol. The predicted octanol–water partition coefficient (Wildman–Crippen LogP) is 5.43. The van der Waals surface area contributed by atoms with Gasteiger partial charge < -0.3 is 10.6 Å². The van der Waals surface area contributed by atoms with Gasteiger partial charge in [0.1, 0.15) is 5.82 Å². The van der Waals surface area contributed by atoms with Crippen LogP contribution >= 0.6 is 0 Å². The monoisotopic (exact) mass is 326 g/mol. The third-order valence-electron chi connectivity index (χ3n) is 4.01. The summed E-state index contributed by atoms with van der Waals surface area (Å²) >= 11 is 0. The van der Waals surface area contributed by atoms with E-state index in [0.717, 1.165) is 22.8 Å². The summed E-state index contributed by atoms with van der Waals surface area (Å²) in [6.45, 7) is 2.00. The highest BCUT2D eigenvalue weighted by Crippen LogP contribution is 2.24. The first-order valence-corrected chi connectivity index (χ1v) is 8.19. The SMILES string of the molecule is Cc1cnc(Nc2ccccc2)nc1Nc1ccc2ccccc2c1. The topological polar surface area (TPSA) is 49.8 Å². The van der Waals surface area contributed by atoms with E-state index in [1.54, 1.807) is 0 Å². The number of hydrogen-bond acceptors (Lipinski definition) is 4. The molecule has 0 atom stereocenters. The van der Waals surface area contributed by atoms with Crippen molar-refractivity contribution in [2.45, 2.75) is 6.92 Å². The Kier molecular flexibility index (Phi) is 4.01. The molecule has 4 nitrogen and oxygen atoms in total. The Morgan fingerprint density at radius 2 is 1.48 bits per heavy atom. The van der Waals surface area contributed by atoms with Crippen LogP contribution in [0, 0.1) is 6.92 Å². The first kappa shape index (κ1) is 15.1. The van der Waals surface area contributed by atoms with Gasteiger partial charge in [0, 0.05) is 23.1 Å². The molecule has 2 N–H and O–H groups in total. The van der Waals surface area contributed by atoms with Gasteiger partial charge in [-0.05, 0) is 42.0 Å². The number of rotatable bonds is 4. The summed E-state index contributed by atoms with van der Waals surface area (Å²) in [6, 6.07) is 24.5. The molecule has 0 saturated heterocycles. The van der Waals surface area contributed by atoms with E-state index in [-0.39, 0.29) is 0 Å². The van der Waals surface area contributed by atoms with Crippen LogP contribution in [-0.2, 0) is 0 Å². The van der Waals surface area contributed by atoms with Gasteiger partial charge in [-0.1, -0.05) is 48.5 Å². The zero-order valence-electron chi connectivity index (χ0n) is 13.9. The Morgan fingerprint density at radius 3 is 2.32 bits per heavy atom. The number of nitrogens with zero attached hydrogens (tertiary/aromatic N) is 2. The van der Waals surface area contributed by atoms with Gasteiger partial charge in [-0.2, -0.15) is 4.98 Å². The molecule has 4 heteroatoms. The fourth-order valence-electron chi connectivity index (χ4n) is 2.68. The minimum absolute atomic E-state index is 0.570. The molecule has 0 aliphatic rings. The van der Waals surface area contributed by atoms with Crippen molar-refractivity contribution in [3.63, 3.8) is 0 Å². The lowest BCUT2D eigenvalue weighted by molar-refractivity contribution is 1.13. The molecule has 4 aromatic rings. The molecule has 1 aromatic heterocycles. The van der Waals surface area contributed by atoms with Crippen LogP contribution in [0.25, 0.3) is 10.8 Å². The summed E-state index contributed by atoms with van der Waals surface area (Å²) in [4.78, 5) is 8.97. The van der Waals surface area contributed by atoms with Crippen LogP contribution in [0.5, 0.6) is 0 Å². The summed E-state index contributed by atoms with van der Waals surface area (Å²) in [5.41, 5.74) is 2.96. The normalized spacial score (nSPS) is 10.6. The molecule has 122 valence electrons. The van der Waals surface area contributed by atoms with Crippen LogP contribution in [0.3, 0.4) is 0 Å². The van der Waals surface area contributed by atoms with Gasteiger partial charge in [-0.25, -0.2) is 4.98 Å². The Labute approximate surface area is 146 Å². The van der Waals surface area contributed by atoms with Crippen molar-refractivity contribution in [3.05, 3.63) is 84.6 Å². The second-order valence-corrected chi connectivity index (χ2v) is 5.90. The van der Waals surface area contributed by atoms with Crippen molar-refractivity contribution in [2.24, 2.45) is 0 Å². The molecule has 1 heterocycles. The first-order chi connectivity index (χ1) is 12.3. The van der Waals surface area contributed by atoms with Gasteiger partial charge in [0.15, 0.2) is 0 Å². The van der Waals surface area contributed by atoms with Crippen molar-refractivity contribution in [2.75, 3.05) is 10.6 Å². The highest BCUT2D eigenvalue weighted by atomic mass is 15.1. The molecule has 0 radical (unpaired) electrons. The Morgan fingerprint density at radius 1 is 0.720 bits per heavy atom. The van der Waals surface area contributed by atoms with Crippen molar-refractivity contribution in [3.8, 4) is 0 Å². The Bertz CT molecular complexity index is 1010. The minimum Gasteiger partial charge on any atom is -0.340 e. The second kappa shape index (κ2) is 6.61. The van der Waals surface area contributed by atoms with E-state index in [2.05, 4.69) is 50.9 Å². The molecule has 0 spiro atoms. The summed E-state index contributed by atoms with van der Waals surface area (Å²) < 4.78 is 0. The quantitative estimate of drug-likeness (QED) is 0.525. The van der Waals surface area contributed by atoms with Gasteiger partial charge >= 0.3 is 0 Å². The van der Waals surface area contributed by atoms with Gasteiger partial charge in [-0.15, -0.1) is 0 Å². The molecule has 0 aliphatic carbocycles. The Balaban J connectivity index is 1.61. The van der Waals surface area contributed by atoms with Gasteiger partial charge in [-0.3, -0.25) is 0 Å². The van der Waals surface area contributed by atoms with E-state index < -0.39 is 0 Å². The zero-order chi connectivity index (χ0) is 17.1. The molecular weight excluding hydrogens is 308 g/mol. The maximum Gasteiger partial charge on any atom is 0.229 e. The van der Waals surface area contributed by atoms with Gasteiger partial charge in [0.05, 0.1) is 0 Å². The molecule has 0 fully saturated rings. The number of aryl methyl sites for hydroxylation is 1. The van der Waals surface area contributed by atoms with Crippen LogP contribution < -0.4 is 10.6 Å². The van der Waals surface area contributed by atoms with Crippen LogP contribution in [-0.4, -0.2) is 9.97 Å². The van der Waals surface area contributed by atoms with Gasteiger partial charge in [0.2, 0.25) is 5.95 Å². The largest absolute Gasteiger partial charge is 0.340 e. The van der Waals surface area contributed by atoms with E-state index in [1.807, 2.05) is 55.6 Å². The molecular formula is C21H18N4. The van der Waals surface area contributed by atoms with Crippen molar-refractivity contribution in [1.82, 2.24) is 9.97 Å². The number of anilines is 4. The van der Waals surface area contributed by atoms with E-state index in [1.165, 1.54) is 10.8 Å². The van der Waals surface area contributed by atoms with E-state index in [4.69, 9.17) is 0 Å². The van der Waals surface area contributed by atoms with Crippen LogP contribution in [0.2, 0.25) is 0 Å². The number of aromatic nitrogens is 2. The lowest BCUT2D eigenvalue weighted by atomic mass is 10.1. The summed E-state index contributed by atoms with van der Waals surface area (Å²) in [7, 11) is 0. The Hall–Kier alpha value is -3.40. The lowest BCUT2D eigenvalue weighted by Crippen LogP contribution is -2.02. The maximum absolute atomic E-state index is 4.61. The van der Waals surface area contributed by atoms with E-state index >= 15 is 0 Å². The van der Waals surface area contributed by atoms with Crippen molar-refractivity contribution < 1.29 is 0 Å². The zero-order valence-corrected chi connectivity index (χ0v) is 13.9. The minimum atomic E-state index is 0.570.